The third-order valence-electron chi connectivity index (χ3n) is 2.57. The Morgan fingerprint density at radius 3 is 2.42 bits per heavy atom. The molecule has 0 spiro atoms. The van der Waals surface area contributed by atoms with Gasteiger partial charge in [-0.25, -0.2) is 4.39 Å². The second-order valence-corrected chi connectivity index (χ2v) is 4.10. The van der Waals surface area contributed by atoms with Crippen LogP contribution in [0.2, 0.25) is 0 Å². The molecule has 1 aromatic heterocycles. The largest absolute Gasteiger partial charge is 0.415 e. The van der Waals surface area contributed by atoms with E-state index in [4.69, 9.17) is 5.73 Å². The fraction of sp³-hybridized carbons (Fsp3) is 0.273. The average Bonchev–Trinajstić information content (AvgIpc) is 2.77. The number of rotatable bonds is 2. The first-order chi connectivity index (χ1) is 8.73. The van der Waals surface area contributed by atoms with Crippen molar-refractivity contribution in [1.29, 1.82) is 0 Å². The van der Waals surface area contributed by atoms with Crippen molar-refractivity contribution in [2.24, 2.45) is 5.73 Å². The first kappa shape index (κ1) is 13.5. The van der Waals surface area contributed by atoms with E-state index < -0.39 is 23.4 Å². The van der Waals surface area contributed by atoms with Crippen LogP contribution in [0.15, 0.2) is 28.8 Å². The van der Waals surface area contributed by atoms with Crippen molar-refractivity contribution in [1.82, 2.24) is 10.1 Å². The van der Waals surface area contributed by atoms with Crippen molar-refractivity contribution in [3.63, 3.8) is 0 Å². The summed E-state index contributed by atoms with van der Waals surface area (Å²) in [5.41, 5.74) is 2.28. The van der Waals surface area contributed by atoms with E-state index in [1.165, 1.54) is 18.2 Å². The molecule has 1 aromatic carbocycles. The molecule has 0 fully saturated rings. The third-order valence-corrected chi connectivity index (χ3v) is 2.57. The number of nitrogens with two attached hydrogens (primary N) is 1. The van der Waals surface area contributed by atoms with Crippen LogP contribution >= 0.6 is 0 Å². The zero-order chi connectivity index (χ0) is 14.3. The minimum absolute atomic E-state index is 0.0597. The van der Waals surface area contributed by atoms with E-state index in [1.54, 1.807) is 0 Å². The van der Waals surface area contributed by atoms with Crippen LogP contribution in [0.1, 0.15) is 12.8 Å². The summed E-state index contributed by atoms with van der Waals surface area (Å²) in [4.78, 5) is 3.52. The lowest BCUT2D eigenvalue weighted by Gasteiger charge is -2.22. The molecule has 0 radical (unpaired) electrons. The molecule has 4 nitrogen and oxygen atoms in total. The Morgan fingerprint density at radius 1 is 1.21 bits per heavy atom. The minimum atomic E-state index is -4.76. The fourth-order valence-electron chi connectivity index (χ4n) is 1.31. The molecular formula is C11H9F4N3O. The van der Waals surface area contributed by atoms with E-state index in [0.717, 1.165) is 6.07 Å². The molecule has 102 valence electrons. The molecule has 1 unspecified atom stereocenters. The summed E-state index contributed by atoms with van der Waals surface area (Å²) >= 11 is 0. The van der Waals surface area contributed by atoms with E-state index in [9.17, 15) is 17.6 Å². The number of benzene rings is 1. The Kier molecular flexibility index (Phi) is 3.05. The highest BCUT2D eigenvalue weighted by atomic mass is 19.4. The van der Waals surface area contributed by atoms with Crippen molar-refractivity contribution < 1.29 is 22.1 Å². The lowest BCUT2D eigenvalue weighted by Crippen LogP contribution is -2.47. The number of halogens is 4. The molecule has 1 heterocycles. The van der Waals surface area contributed by atoms with Gasteiger partial charge in [-0.1, -0.05) is 17.3 Å². The van der Waals surface area contributed by atoms with Gasteiger partial charge in [0.15, 0.2) is 5.54 Å². The van der Waals surface area contributed by atoms with Crippen LogP contribution in [0.4, 0.5) is 17.6 Å². The van der Waals surface area contributed by atoms with Gasteiger partial charge in [0.2, 0.25) is 5.82 Å². The quantitative estimate of drug-likeness (QED) is 0.855. The number of nitrogens with zero attached hydrogens (tertiary/aromatic N) is 2. The molecule has 0 saturated heterocycles. The zero-order valence-corrected chi connectivity index (χ0v) is 9.70. The first-order valence-electron chi connectivity index (χ1n) is 5.18. The van der Waals surface area contributed by atoms with Crippen molar-refractivity contribution in [3.8, 4) is 11.4 Å². The molecule has 0 aliphatic rings. The Morgan fingerprint density at radius 2 is 1.84 bits per heavy atom. The smallest absolute Gasteiger partial charge is 0.337 e. The molecule has 0 bridgehead atoms. The van der Waals surface area contributed by atoms with Crippen molar-refractivity contribution in [3.05, 3.63) is 36.0 Å². The van der Waals surface area contributed by atoms with E-state index in [2.05, 4.69) is 14.7 Å². The fourth-order valence-corrected chi connectivity index (χ4v) is 1.31. The second kappa shape index (κ2) is 4.30. The highest BCUT2D eigenvalue weighted by Gasteiger charge is 2.53. The molecule has 0 amide bonds. The minimum Gasteiger partial charge on any atom is -0.337 e. The third kappa shape index (κ3) is 2.30. The Hall–Kier alpha value is -1.96. The molecule has 19 heavy (non-hydrogen) atoms. The summed E-state index contributed by atoms with van der Waals surface area (Å²) in [6.07, 6.45) is -4.76. The monoisotopic (exact) mass is 275 g/mol. The van der Waals surface area contributed by atoms with Crippen LogP contribution < -0.4 is 5.73 Å². The zero-order valence-electron chi connectivity index (χ0n) is 9.70. The Labute approximate surface area is 105 Å². The van der Waals surface area contributed by atoms with Gasteiger partial charge in [0.1, 0.15) is 5.82 Å². The maximum Gasteiger partial charge on any atom is 0.415 e. The first-order valence-corrected chi connectivity index (χ1v) is 5.18. The molecule has 2 aromatic rings. The van der Waals surface area contributed by atoms with Crippen molar-refractivity contribution in [2.45, 2.75) is 18.6 Å². The van der Waals surface area contributed by atoms with Gasteiger partial charge in [-0.15, -0.1) is 0 Å². The Balaban J connectivity index is 2.43. The van der Waals surface area contributed by atoms with Crippen LogP contribution in [0.3, 0.4) is 0 Å². The second-order valence-electron chi connectivity index (χ2n) is 4.10. The summed E-state index contributed by atoms with van der Waals surface area (Å²) in [7, 11) is 0. The van der Waals surface area contributed by atoms with Gasteiger partial charge in [0.25, 0.3) is 5.89 Å². The summed E-state index contributed by atoms with van der Waals surface area (Å²) in [6, 6.07) is 5.39. The van der Waals surface area contributed by atoms with Gasteiger partial charge >= 0.3 is 6.18 Å². The SMILES string of the molecule is CC(N)(c1nc(-c2ccccc2F)no1)C(F)(F)F. The number of hydrogen-bond donors (Lipinski definition) is 1. The van der Waals surface area contributed by atoms with E-state index >= 15 is 0 Å². The van der Waals surface area contributed by atoms with Gasteiger partial charge in [-0.2, -0.15) is 18.2 Å². The van der Waals surface area contributed by atoms with Crippen LogP contribution in [0, 0.1) is 5.82 Å². The number of aromatic nitrogens is 2. The molecule has 0 saturated carbocycles. The molecular weight excluding hydrogens is 266 g/mol. The standard InChI is InChI=1S/C11H9F4N3O/c1-10(16,11(13,14)15)9-17-8(18-19-9)6-4-2-3-5-7(6)12/h2-5H,16H2,1H3. The molecule has 2 rings (SSSR count). The highest BCUT2D eigenvalue weighted by molar-refractivity contribution is 5.54. The highest BCUT2D eigenvalue weighted by Crippen LogP contribution is 2.36. The lowest BCUT2D eigenvalue weighted by atomic mass is 10.0. The summed E-state index contributed by atoms with van der Waals surface area (Å²) in [5.74, 6) is -1.77. The maximum atomic E-state index is 13.4. The van der Waals surface area contributed by atoms with Gasteiger partial charge in [0.05, 0.1) is 5.56 Å². The predicted molar refractivity (Wildman–Crippen MR) is 57.3 cm³/mol. The molecule has 1 atom stereocenters. The molecule has 0 aliphatic carbocycles. The van der Waals surface area contributed by atoms with Crippen LogP contribution in [0.5, 0.6) is 0 Å². The van der Waals surface area contributed by atoms with Gasteiger partial charge in [-0.05, 0) is 19.1 Å². The Bertz CT molecular complexity index is 592. The van der Waals surface area contributed by atoms with E-state index in [-0.39, 0.29) is 11.4 Å². The predicted octanol–water partition coefficient (Wildman–Crippen LogP) is 2.61. The summed E-state index contributed by atoms with van der Waals surface area (Å²) < 4.78 is 56.0. The molecule has 8 heteroatoms. The van der Waals surface area contributed by atoms with E-state index in [0.29, 0.717) is 6.92 Å². The van der Waals surface area contributed by atoms with Crippen molar-refractivity contribution in [2.75, 3.05) is 0 Å². The van der Waals surface area contributed by atoms with Crippen molar-refractivity contribution >= 4 is 0 Å². The van der Waals surface area contributed by atoms with Gasteiger partial charge in [0, 0.05) is 0 Å². The van der Waals surface area contributed by atoms with Gasteiger partial charge < -0.3 is 10.3 Å². The van der Waals surface area contributed by atoms with Crippen LogP contribution in [0.25, 0.3) is 11.4 Å². The normalized spacial score (nSPS) is 15.3. The number of hydrogen-bond acceptors (Lipinski definition) is 4. The van der Waals surface area contributed by atoms with Crippen LogP contribution in [-0.2, 0) is 5.54 Å². The molecule has 2 N–H and O–H groups in total. The van der Waals surface area contributed by atoms with Gasteiger partial charge in [-0.3, -0.25) is 0 Å². The summed E-state index contributed by atoms with van der Waals surface area (Å²) in [6.45, 7) is 0.700. The molecule has 0 aliphatic heterocycles. The lowest BCUT2D eigenvalue weighted by molar-refractivity contribution is -0.190. The summed E-state index contributed by atoms with van der Waals surface area (Å²) in [5, 5.41) is 3.32. The topological polar surface area (TPSA) is 64.9 Å². The van der Waals surface area contributed by atoms with Crippen LogP contribution in [-0.4, -0.2) is 16.3 Å². The maximum absolute atomic E-state index is 13.4. The number of alkyl halides is 3. The average molecular weight is 275 g/mol. The van der Waals surface area contributed by atoms with E-state index in [1.807, 2.05) is 0 Å².